The lowest BCUT2D eigenvalue weighted by Gasteiger charge is -2.30. The Balaban J connectivity index is 1.40. The van der Waals surface area contributed by atoms with E-state index in [2.05, 4.69) is 20.3 Å². The summed E-state index contributed by atoms with van der Waals surface area (Å²) in [6, 6.07) is 13.2. The number of hydrogen-bond donors (Lipinski definition) is 3. The number of nitrogens with zero attached hydrogens (tertiary/aromatic N) is 5. The third kappa shape index (κ3) is 8.23. The number of likely N-dealkylation sites (N-methyl/N-ethyl adjacent to an activating group) is 1. The maximum absolute atomic E-state index is 13.4. The van der Waals surface area contributed by atoms with Crippen LogP contribution in [0.1, 0.15) is 25.3 Å². The molecule has 0 radical (unpaired) electrons. The molecular weight excluding hydrogens is 519 g/mol. The molecule has 1 atom stereocenters. The minimum atomic E-state index is -0.986. The molecule has 0 saturated carbocycles. The first-order chi connectivity index (χ1) is 19.3. The van der Waals surface area contributed by atoms with Crippen LogP contribution in [0.5, 0.6) is 5.75 Å². The molecule has 0 aliphatic carbocycles. The van der Waals surface area contributed by atoms with E-state index in [-0.39, 0.29) is 18.3 Å². The Hall–Kier alpha value is -4.03. The monoisotopic (exact) mass is 554 g/mol. The van der Waals surface area contributed by atoms with Crippen LogP contribution in [-0.2, 0) is 16.0 Å². The summed E-state index contributed by atoms with van der Waals surface area (Å²) in [6.07, 6.45) is 0.331. The summed E-state index contributed by atoms with van der Waals surface area (Å²) in [4.78, 5) is 29.0. The van der Waals surface area contributed by atoms with Crippen molar-refractivity contribution in [1.29, 1.82) is 0 Å². The van der Waals surface area contributed by atoms with Gasteiger partial charge in [0, 0.05) is 38.9 Å². The number of aliphatic carboxylic acids is 1. The Labute approximate surface area is 232 Å². The van der Waals surface area contributed by atoms with Crippen LogP contribution in [0.4, 0.5) is 27.9 Å². The summed E-state index contributed by atoms with van der Waals surface area (Å²) in [6.45, 7) is 4.18. The molecule has 1 fully saturated rings. The number of rotatable bonds is 13. The molecule has 3 aromatic rings. The van der Waals surface area contributed by atoms with Gasteiger partial charge in [0.2, 0.25) is 17.8 Å². The van der Waals surface area contributed by atoms with Gasteiger partial charge in [0.15, 0.2) is 6.10 Å². The zero-order chi connectivity index (χ0) is 28.5. The second-order valence-corrected chi connectivity index (χ2v) is 9.51. The summed E-state index contributed by atoms with van der Waals surface area (Å²) >= 11 is 0. The number of benzene rings is 2. The van der Waals surface area contributed by atoms with Gasteiger partial charge in [0.25, 0.3) is 0 Å². The van der Waals surface area contributed by atoms with Crippen molar-refractivity contribution < 1.29 is 28.9 Å². The van der Waals surface area contributed by atoms with E-state index in [1.54, 1.807) is 31.2 Å². The standard InChI is InChI=1S/C28H35FN6O5/c1-3-39-24(25(37)38)18-19-4-10-23(11-5-19)40-17-16-34(2)27-31-26(30-21-8-6-20(29)7-9-21)32-28(33-27)35-14-12-22(36)13-15-35/h4-11,22,24,36H,3,12-18H2,1-2H3,(H,37,38)(H,30,31,32,33). The minimum Gasteiger partial charge on any atom is -0.492 e. The van der Waals surface area contributed by atoms with Crippen LogP contribution in [0.15, 0.2) is 48.5 Å². The number of carboxylic acids is 1. The number of carboxylic acid groups (broad SMARTS) is 1. The molecule has 11 nitrogen and oxygen atoms in total. The highest BCUT2D eigenvalue weighted by atomic mass is 19.1. The molecule has 40 heavy (non-hydrogen) atoms. The van der Waals surface area contributed by atoms with E-state index in [0.29, 0.717) is 75.0 Å². The number of ether oxygens (including phenoxy) is 2. The van der Waals surface area contributed by atoms with Crippen molar-refractivity contribution in [2.75, 3.05) is 55.0 Å². The highest BCUT2D eigenvalue weighted by molar-refractivity contribution is 5.72. The molecule has 2 aromatic carbocycles. The smallest absolute Gasteiger partial charge is 0.333 e. The van der Waals surface area contributed by atoms with Gasteiger partial charge in [0.05, 0.1) is 12.6 Å². The van der Waals surface area contributed by atoms with E-state index in [0.717, 1.165) is 5.56 Å². The van der Waals surface area contributed by atoms with E-state index >= 15 is 0 Å². The number of hydrogen-bond acceptors (Lipinski definition) is 10. The van der Waals surface area contributed by atoms with Crippen LogP contribution in [-0.4, -0.2) is 83.2 Å². The van der Waals surface area contributed by atoms with Crippen molar-refractivity contribution in [3.63, 3.8) is 0 Å². The average molecular weight is 555 g/mol. The molecule has 4 rings (SSSR count). The maximum atomic E-state index is 13.4. The van der Waals surface area contributed by atoms with Crippen molar-refractivity contribution in [3.05, 3.63) is 59.9 Å². The first kappa shape index (κ1) is 29.0. The van der Waals surface area contributed by atoms with Crippen molar-refractivity contribution in [2.24, 2.45) is 0 Å². The molecule has 1 saturated heterocycles. The van der Waals surface area contributed by atoms with Gasteiger partial charge in [-0.2, -0.15) is 15.0 Å². The van der Waals surface area contributed by atoms with Crippen LogP contribution >= 0.6 is 0 Å². The Morgan fingerprint density at radius 1 is 1.12 bits per heavy atom. The van der Waals surface area contributed by atoms with Crippen LogP contribution < -0.4 is 19.9 Å². The molecule has 0 amide bonds. The molecule has 0 spiro atoms. The molecule has 0 bridgehead atoms. The van der Waals surface area contributed by atoms with Crippen LogP contribution in [0.25, 0.3) is 0 Å². The van der Waals surface area contributed by atoms with Gasteiger partial charge in [-0.3, -0.25) is 0 Å². The first-order valence-corrected chi connectivity index (χ1v) is 13.3. The third-order valence-electron chi connectivity index (χ3n) is 6.48. The molecule has 12 heteroatoms. The van der Waals surface area contributed by atoms with Crippen molar-refractivity contribution in [3.8, 4) is 5.75 Å². The van der Waals surface area contributed by atoms with Gasteiger partial charge in [-0.15, -0.1) is 0 Å². The SMILES string of the molecule is CCOC(Cc1ccc(OCCN(C)c2nc(Nc3ccc(F)cc3)nc(N3CCC(O)CC3)n2)cc1)C(=O)O. The molecule has 2 heterocycles. The topological polar surface area (TPSA) is 133 Å². The van der Waals surface area contributed by atoms with Crippen LogP contribution in [0.3, 0.4) is 0 Å². The van der Waals surface area contributed by atoms with E-state index in [9.17, 15) is 19.4 Å². The Morgan fingerprint density at radius 3 is 2.48 bits per heavy atom. The molecule has 1 unspecified atom stereocenters. The molecule has 3 N–H and O–H groups in total. The molecule has 1 aliphatic rings. The lowest BCUT2D eigenvalue weighted by Crippen LogP contribution is -2.37. The van der Waals surface area contributed by atoms with Gasteiger partial charge < -0.3 is 34.8 Å². The Kier molecular flexibility index (Phi) is 10.0. The third-order valence-corrected chi connectivity index (χ3v) is 6.48. The van der Waals surface area contributed by atoms with Gasteiger partial charge in [-0.25, -0.2) is 9.18 Å². The number of carbonyl (C=O) groups is 1. The Morgan fingerprint density at radius 2 is 1.82 bits per heavy atom. The summed E-state index contributed by atoms with van der Waals surface area (Å²) in [5.41, 5.74) is 1.48. The molecule has 1 aliphatic heterocycles. The van der Waals surface area contributed by atoms with Crippen molar-refractivity contribution in [2.45, 2.75) is 38.4 Å². The highest BCUT2D eigenvalue weighted by Gasteiger charge is 2.22. The zero-order valence-electron chi connectivity index (χ0n) is 22.7. The fourth-order valence-electron chi connectivity index (χ4n) is 4.21. The summed E-state index contributed by atoms with van der Waals surface area (Å²) < 4.78 is 24.5. The zero-order valence-corrected chi connectivity index (χ0v) is 22.7. The largest absolute Gasteiger partial charge is 0.492 e. The van der Waals surface area contributed by atoms with Gasteiger partial charge in [-0.1, -0.05) is 12.1 Å². The van der Waals surface area contributed by atoms with E-state index in [4.69, 9.17) is 9.47 Å². The van der Waals surface area contributed by atoms with Gasteiger partial charge >= 0.3 is 5.97 Å². The summed E-state index contributed by atoms with van der Waals surface area (Å²) in [7, 11) is 1.85. The number of nitrogens with one attached hydrogen (secondary N) is 1. The number of aromatic nitrogens is 3. The highest BCUT2D eigenvalue weighted by Crippen LogP contribution is 2.22. The molecule has 214 valence electrons. The lowest BCUT2D eigenvalue weighted by atomic mass is 10.1. The maximum Gasteiger partial charge on any atom is 0.333 e. The van der Waals surface area contributed by atoms with Gasteiger partial charge in [0.1, 0.15) is 18.2 Å². The number of anilines is 4. The summed E-state index contributed by atoms with van der Waals surface area (Å²) in [5.74, 6) is 0.599. The quantitative estimate of drug-likeness (QED) is 0.287. The van der Waals surface area contributed by atoms with Gasteiger partial charge in [-0.05, 0) is 61.7 Å². The Bertz CT molecular complexity index is 1240. The predicted octanol–water partition coefficient (Wildman–Crippen LogP) is 3.26. The number of piperidine rings is 1. The van der Waals surface area contributed by atoms with Crippen molar-refractivity contribution >= 4 is 29.5 Å². The fourth-order valence-corrected chi connectivity index (χ4v) is 4.21. The van der Waals surface area contributed by atoms with E-state index in [1.165, 1.54) is 12.1 Å². The average Bonchev–Trinajstić information content (AvgIpc) is 2.95. The minimum absolute atomic E-state index is 0.276. The first-order valence-electron chi connectivity index (χ1n) is 13.3. The normalized spacial score (nSPS) is 14.6. The number of aliphatic hydroxyl groups is 1. The van der Waals surface area contributed by atoms with Crippen LogP contribution in [0, 0.1) is 5.82 Å². The number of aliphatic hydroxyl groups excluding tert-OH is 1. The predicted molar refractivity (Wildman–Crippen MR) is 149 cm³/mol. The summed E-state index contributed by atoms with van der Waals surface area (Å²) in [5, 5.41) is 22.3. The van der Waals surface area contributed by atoms with E-state index < -0.39 is 12.1 Å². The van der Waals surface area contributed by atoms with E-state index in [1.807, 2.05) is 29.0 Å². The molecule has 1 aromatic heterocycles. The molecular formula is C28H35FN6O5. The van der Waals surface area contributed by atoms with Crippen LogP contribution in [0.2, 0.25) is 0 Å². The second-order valence-electron chi connectivity index (χ2n) is 9.51. The van der Waals surface area contributed by atoms with Crippen molar-refractivity contribution in [1.82, 2.24) is 15.0 Å². The second kappa shape index (κ2) is 13.9. The lowest BCUT2D eigenvalue weighted by molar-refractivity contribution is -0.149. The fraction of sp³-hybridized carbons (Fsp3) is 0.429. The number of halogens is 1.